The predicted octanol–water partition coefficient (Wildman–Crippen LogP) is 6.59. The van der Waals surface area contributed by atoms with Crippen LogP contribution in [0.25, 0.3) is 16.6 Å². The maximum Gasteiger partial charge on any atom is 0.414 e. The summed E-state index contributed by atoms with van der Waals surface area (Å²) < 4.78 is 39.9. The highest BCUT2D eigenvalue weighted by Crippen LogP contribution is 2.34. The Balaban J connectivity index is 1.91. The molecule has 3 aromatic rings. The number of allylic oxidation sites excluding steroid dienone is 1. The van der Waals surface area contributed by atoms with E-state index in [0.29, 0.717) is 39.7 Å². The van der Waals surface area contributed by atoms with Crippen LogP contribution in [-0.2, 0) is 6.42 Å². The highest BCUT2D eigenvalue weighted by Gasteiger charge is 2.33. The number of benzene rings is 2. The molecule has 9 heteroatoms. The summed E-state index contributed by atoms with van der Waals surface area (Å²) >= 11 is 12.4. The summed E-state index contributed by atoms with van der Waals surface area (Å²) in [6.07, 6.45) is 3.46. The average Bonchev–Trinajstić information content (AvgIpc) is 2.75. The van der Waals surface area contributed by atoms with Crippen LogP contribution in [-0.4, -0.2) is 28.9 Å². The van der Waals surface area contributed by atoms with Crippen molar-refractivity contribution in [1.82, 2.24) is 9.97 Å². The molecule has 2 aromatic carbocycles. The Kier molecular flexibility index (Phi) is 7.39. The SMILES string of the molecule is C#CC=N/C(=C(\C)C(F)(F)F)c1ccc2c(NCCc3c(Cl)cccc3Cl)ncnc2c1. The van der Waals surface area contributed by atoms with Crippen LogP contribution in [0.15, 0.2) is 53.3 Å². The largest absolute Gasteiger partial charge is 0.414 e. The maximum absolute atomic E-state index is 13.3. The normalized spacial score (nSPS) is 12.7. The van der Waals surface area contributed by atoms with E-state index in [-0.39, 0.29) is 11.3 Å². The minimum Gasteiger partial charge on any atom is -0.369 e. The second-order valence-corrected chi connectivity index (χ2v) is 7.54. The molecular formula is C23H17Cl2F3N4. The molecule has 32 heavy (non-hydrogen) atoms. The van der Waals surface area contributed by atoms with Crippen LogP contribution in [0.5, 0.6) is 0 Å². The number of nitrogens with zero attached hydrogens (tertiary/aromatic N) is 3. The van der Waals surface area contributed by atoms with Crippen molar-refractivity contribution >= 4 is 51.8 Å². The van der Waals surface area contributed by atoms with Crippen LogP contribution in [0.1, 0.15) is 18.1 Å². The molecule has 0 spiro atoms. The van der Waals surface area contributed by atoms with Crippen molar-refractivity contribution in [3.05, 3.63) is 69.5 Å². The number of terminal acetylenes is 1. The summed E-state index contributed by atoms with van der Waals surface area (Å²) in [5.74, 6) is 2.65. The Morgan fingerprint density at radius 1 is 1.19 bits per heavy atom. The Labute approximate surface area is 193 Å². The van der Waals surface area contributed by atoms with E-state index in [1.54, 1.807) is 24.3 Å². The molecule has 1 N–H and O–H groups in total. The van der Waals surface area contributed by atoms with Gasteiger partial charge in [-0.25, -0.2) is 15.0 Å². The standard InChI is InChI=1S/C23H17Cl2F3N4/c1-3-10-29-21(14(2)23(26,27)28)15-7-8-17-20(12-15)31-13-32-22(17)30-11-9-16-18(24)5-4-6-19(16)25/h1,4-8,10,12-13H,9,11H2,2H3,(H,30,31,32)/b21-14+,29-10?. The lowest BCUT2D eigenvalue weighted by Gasteiger charge is -2.13. The molecule has 0 amide bonds. The van der Waals surface area contributed by atoms with Gasteiger partial charge in [0.2, 0.25) is 0 Å². The van der Waals surface area contributed by atoms with E-state index in [4.69, 9.17) is 29.6 Å². The molecule has 0 atom stereocenters. The Morgan fingerprint density at radius 2 is 1.91 bits per heavy atom. The third kappa shape index (κ3) is 5.39. The van der Waals surface area contributed by atoms with Gasteiger partial charge < -0.3 is 5.32 Å². The molecule has 1 aromatic heterocycles. The second-order valence-electron chi connectivity index (χ2n) is 6.73. The summed E-state index contributed by atoms with van der Waals surface area (Å²) in [5, 5.41) is 4.99. The van der Waals surface area contributed by atoms with Gasteiger partial charge >= 0.3 is 6.18 Å². The number of alkyl halides is 3. The zero-order chi connectivity index (χ0) is 23.3. The van der Waals surface area contributed by atoms with Crippen LogP contribution in [0.2, 0.25) is 10.0 Å². The first-order valence-corrected chi connectivity index (χ1v) is 10.2. The van der Waals surface area contributed by atoms with Crippen LogP contribution in [0.3, 0.4) is 0 Å². The lowest BCUT2D eigenvalue weighted by molar-refractivity contribution is -0.0907. The van der Waals surface area contributed by atoms with Gasteiger partial charge in [0.05, 0.1) is 23.0 Å². The fraction of sp³-hybridized carbons (Fsp3) is 0.174. The number of rotatable bonds is 6. The van der Waals surface area contributed by atoms with E-state index < -0.39 is 11.7 Å². The van der Waals surface area contributed by atoms with Gasteiger partial charge in [0.15, 0.2) is 0 Å². The van der Waals surface area contributed by atoms with Gasteiger partial charge in [-0.05, 0) is 43.2 Å². The summed E-state index contributed by atoms with van der Waals surface area (Å²) in [6, 6.07) is 9.99. The van der Waals surface area contributed by atoms with Crippen molar-refractivity contribution in [3.8, 4) is 12.3 Å². The average molecular weight is 477 g/mol. The van der Waals surface area contributed by atoms with E-state index in [1.165, 1.54) is 18.5 Å². The lowest BCUT2D eigenvalue weighted by atomic mass is 10.0. The fourth-order valence-electron chi connectivity index (χ4n) is 3.05. The predicted molar refractivity (Wildman–Crippen MR) is 124 cm³/mol. The first-order chi connectivity index (χ1) is 15.2. The third-order valence-electron chi connectivity index (χ3n) is 4.69. The summed E-state index contributed by atoms with van der Waals surface area (Å²) in [6.45, 7) is 1.45. The number of anilines is 1. The van der Waals surface area contributed by atoms with E-state index in [1.807, 2.05) is 0 Å². The van der Waals surface area contributed by atoms with Gasteiger partial charge in [-0.2, -0.15) is 13.2 Å². The Bertz CT molecular complexity index is 1220. The van der Waals surface area contributed by atoms with Crippen LogP contribution in [0.4, 0.5) is 19.0 Å². The van der Waals surface area contributed by atoms with Crippen LogP contribution in [0, 0.1) is 12.3 Å². The molecule has 0 aliphatic carbocycles. The minimum atomic E-state index is -4.55. The fourth-order valence-corrected chi connectivity index (χ4v) is 3.63. The number of hydrogen-bond acceptors (Lipinski definition) is 4. The molecule has 4 nitrogen and oxygen atoms in total. The van der Waals surface area contributed by atoms with E-state index in [0.717, 1.165) is 18.7 Å². The van der Waals surface area contributed by atoms with E-state index in [9.17, 15) is 13.2 Å². The van der Waals surface area contributed by atoms with Crippen molar-refractivity contribution in [3.63, 3.8) is 0 Å². The van der Waals surface area contributed by atoms with Crippen LogP contribution >= 0.6 is 23.2 Å². The molecule has 0 unspecified atom stereocenters. The van der Waals surface area contributed by atoms with E-state index in [2.05, 4.69) is 26.2 Å². The number of fused-ring (bicyclic) bond motifs is 1. The molecule has 0 saturated heterocycles. The van der Waals surface area contributed by atoms with Gasteiger partial charge in [0.1, 0.15) is 12.1 Å². The minimum absolute atomic E-state index is 0.242. The molecule has 3 rings (SSSR count). The first kappa shape index (κ1) is 23.6. The maximum atomic E-state index is 13.3. The molecule has 0 radical (unpaired) electrons. The van der Waals surface area contributed by atoms with Crippen molar-refractivity contribution in [2.75, 3.05) is 11.9 Å². The Hall–Kier alpha value is -3.08. The smallest absolute Gasteiger partial charge is 0.369 e. The van der Waals surface area contributed by atoms with E-state index >= 15 is 0 Å². The van der Waals surface area contributed by atoms with Crippen molar-refractivity contribution in [2.24, 2.45) is 4.99 Å². The van der Waals surface area contributed by atoms with Crippen molar-refractivity contribution < 1.29 is 13.2 Å². The number of aliphatic imine (C=N–C) groups is 1. The van der Waals surface area contributed by atoms with Crippen molar-refractivity contribution in [1.29, 1.82) is 0 Å². The molecular weight excluding hydrogens is 460 g/mol. The molecule has 0 fully saturated rings. The van der Waals surface area contributed by atoms with Gasteiger partial charge in [-0.3, -0.25) is 0 Å². The summed E-state index contributed by atoms with van der Waals surface area (Å²) in [5.41, 5.74) is 0.393. The van der Waals surface area contributed by atoms with Crippen molar-refractivity contribution in [2.45, 2.75) is 19.5 Å². The number of halogens is 5. The zero-order valence-corrected chi connectivity index (χ0v) is 18.4. The molecule has 0 saturated carbocycles. The number of nitrogens with one attached hydrogen (secondary N) is 1. The summed E-state index contributed by atoms with van der Waals surface area (Å²) in [4.78, 5) is 12.3. The quantitative estimate of drug-likeness (QED) is 0.322. The molecule has 164 valence electrons. The second kappa shape index (κ2) is 10.0. The molecule has 0 aliphatic rings. The van der Waals surface area contributed by atoms with Gasteiger partial charge in [-0.1, -0.05) is 41.3 Å². The van der Waals surface area contributed by atoms with Crippen LogP contribution < -0.4 is 5.32 Å². The zero-order valence-electron chi connectivity index (χ0n) is 16.8. The number of hydrogen-bond donors (Lipinski definition) is 1. The topological polar surface area (TPSA) is 50.2 Å². The third-order valence-corrected chi connectivity index (χ3v) is 5.40. The highest BCUT2D eigenvalue weighted by molar-refractivity contribution is 6.36. The molecule has 0 aliphatic heterocycles. The number of aromatic nitrogens is 2. The monoisotopic (exact) mass is 476 g/mol. The van der Waals surface area contributed by atoms with Gasteiger partial charge in [0, 0.05) is 27.5 Å². The summed E-state index contributed by atoms with van der Waals surface area (Å²) in [7, 11) is 0. The molecule has 0 bridgehead atoms. The Morgan fingerprint density at radius 3 is 2.56 bits per heavy atom. The highest BCUT2D eigenvalue weighted by atomic mass is 35.5. The van der Waals surface area contributed by atoms with Gasteiger partial charge in [0.25, 0.3) is 0 Å². The molecule has 1 heterocycles. The first-order valence-electron chi connectivity index (χ1n) is 9.41. The lowest BCUT2D eigenvalue weighted by Crippen LogP contribution is -2.11. The van der Waals surface area contributed by atoms with Gasteiger partial charge in [-0.15, -0.1) is 6.42 Å².